The van der Waals surface area contributed by atoms with Gasteiger partial charge in [-0.2, -0.15) is 4.98 Å². The molecule has 0 radical (unpaired) electrons. The zero-order chi connectivity index (χ0) is 13.2. The van der Waals surface area contributed by atoms with Crippen LogP contribution in [0.1, 0.15) is 5.56 Å². The Morgan fingerprint density at radius 1 is 1.05 bits per heavy atom. The Morgan fingerprint density at radius 2 is 1.84 bits per heavy atom. The third-order valence-electron chi connectivity index (χ3n) is 2.72. The highest BCUT2D eigenvalue weighted by atomic mass is 16.5. The van der Waals surface area contributed by atoms with Crippen molar-refractivity contribution in [3.63, 3.8) is 0 Å². The van der Waals surface area contributed by atoms with Gasteiger partial charge in [0.2, 0.25) is 5.82 Å². The van der Waals surface area contributed by atoms with Crippen LogP contribution in [0.4, 0.5) is 5.69 Å². The SMILES string of the molecule is Cc1cncc(-c2nc(-c3ccc(N)cc3)no2)c1. The lowest BCUT2D eigenvalue weighted by atomic mass is 10.2. The zero-order valence-corrected chi connectivity index (χ0v) is 10.4. The van der Waals surface area contributed by atoms with Crippen LogP contribution in [0.3, 0.4) is 0 Å². The Balaban J connectivity index is 1.97. The molecular weight excluding hydrogens is 240 g/mol. The first kappa shape index (κ1) is 11.4. The van der Waals surface area contributed by atoms with Crippen molar-refractivity contribution in [1.29, 1.82) is 0 Å². The lowest BCUT2D eigenvalue weighted by molar-refractivity contribution is 0.432. The molecule has 0 atom stereocenters. The molecule has 0 amide bonds. The molecule has 0 saturated carbocycles. The number of benzene rings is 1. The molecule has 0 aliphatic rings. The largest absolute Gasteiger partial charge is 0.399 e. The average molecular weight is 252 g/mol. The second kappa shape index (κ2) is 4.53. The summed E-state index contributed by atoms with van der Waals surface area (Å²) in [5.74, 6) is 1.000. The molecule has 0 bridgehead atoms. The molecule has 0 saturated heterocycles. The Kier molecular flexibility index (Phi) is 2.72. The van der Waals surface area contributed by atoms with Crippen molar-refractivity contribution < 1.29 is 4.52 Å². The maximum atomic E-state index is 5.65. The van der Waals surface area contributed by atoms with E-state index < -0.39 is 0 Å². The molecule has 2 aromatic heterocycles. The molecular formula is C14H12N4O. The van der Waals surface area contributed by atoms with Crippen LogP contribution in [0.15, 0.2) is 47.2 Å². The van der Waals surface area contributed by atoms with Gasteiger partial charge in [0.05, 0.1) is 5.56 Å². The van der Waals surface area contributed by atoms with Gasteiger partial charge in [-0.05, 0) is 42.8 Å². The minimum atomic E-state index is 0.461. The highest BCUT2D eigenvalue weighted by molar-refractivity contribution is 5.61. The van der Waals surface area contributed by atoms with E-state index in [9.17, 15) is 0 Å². The van der Waals surface area contributed by atoms with Gasteiger partial charge in [0.25, 0.3) is 5.89 Å². The fourth-order valence-corrected chi connectivity index (χ4v) is 1.76. The summed E-state index contributed by atoms with van der Waals surface area (Å²) in [4.78, 5) is 8.47. The van der Waals surface area contributed by atoms with Crippen molar-refractivity contribution in [2.45, 2.75) is 6.92 Å². The molecule has 2 heterocycles. The molecule has 3 rings (SSSR count). The van der Waals surface area contributed by atoms with Gasteiger partial charge in [0, 0.05) is 23.6 Å². The standard InChI is InChI=1S/C14H12N4O/c1-9-6-11(8-16-7-9)14-17-13(18-19-14)10-2-4-12(15)5-3-10/h2-8H,15H2,1H3. The van der Waals surface area contributed by atoms with Gasteiger partial charge < -0.3 is 10.3 Å². The van der Waals surface area contributed by atoms with E-state index in [2.05, 4.69) is 15.1 Å². The minimum Gasteiger partial charge on any atom is -0.399 e. The summed E-state index contributed by atoms with van der Waals surface area (Å²) in [5, 5.41) is 3.97. The number of hydrogen-bond acceptors (Lipinski definition) is 5. The van der Waals surface area contributed by atoms with Crippen molar-refractivity contribution in [3.05, 3.63) is 48.3 Å². The first-order valence-corrected chi connectivity index (χ1v) is 5.84. The Morgan fingerprint density at radius 3 is 2.58 bits per heavy atom. The first-order chi connectivity index (χ1) is 9.22. The monoisotopic (exact) mass is 252 g/mol. The second-order valence-corrected chi connectivity index (χ2v) is 4.30. The summed E-state index contributed by atoms with van der Waals surface area (Å²) < 4.78 is 5.26. The lowest BCUT2D eigenvalue weighted by Crippen LogP contribution is -1.85. The zero-order valence-electron chi connectivity index (χ0n) is 10.4. The number of aromatic nitrogens is 3. The highest BCUT2D eigenvalue weighted by Gasteiger charge is 2.10. The molecule has 0 aliphatic carbocycles. The number of nitrogens with zero attached hydrogens (tertiary/aromatic N) is 3. The number of aryl methyl sites for hydroxylation is 1. The third kappa shape index (κ3) is 2.30. The molecule has 19 heavy (non-hydrogen) atoms. The molecule has 1 aromatic carbocycles. The number of nitrogens with two attached hydrogens (primary N) is 1. The normalized spacial score (nSPS) is 10.6. The Labute approximate surface area is 110 Å². The molecule has 5 heteroatoms. The van der Waals surface area contributed by atoms with Crippen LogP contribution in [-0.2, 0) is 0 Å². The van der Waals surface area contributed by atoms with Crippen LogP contribution in [-0.4, -0.2) is 15.1 Å². The van der Waals surface area contributed by atoms with Crippen molar-refractivity contribution in [1.82, 2.24) is 15.1 Å². The number of pyridine rings is 1. The predicted molar refractivity (Wildman–Crippen MR) is 72.1 cm³/mol. The van der Waals surface area contributed by atoms with E-state index in [1.807, 2.05) is 25.1 Å². The van der Waals surface area contributed by atoms with Crippen LogP contribution in [0.25, 0.3) is 22.8 Å². The minimum absolute atomic E-state index is 0.461. The lowest BCUT2D eigenvalue weighted by Gasteiger charge is -1.95. The van der Waals surface area contributed by atoms with Crippen molar-refractivity contribution in [2.75, 3.05) is 5.73 Å². The summed E-state index contributed by atoms with van der Waals surface area (Å²) in [5.41, 5.74) is 9.07. The quantitative estimate of drug-likeness (QED) is 0.709. The smallest absolute Gasteiger partial charge is 0.259 e. The third-order valence-corrected chi connectivity index (χ3v) is 2.72. The van der Waals surface area contributed by atoms with Crippen LogP contribution in [0.5, 0.6) is 0 Å². The van der Waals surface area contributed by atoms with Crippen molar-refractivity contribution in [2.24, 2.45) is 0 Å². The Hall–Kier alpha value is -2.69. The summed E-state index contributed by atoms with van der Waals surface area (Å²) in [7, 11) is 0. The van der Waals surface area contributed by atoms with Crippen LogP contribution in [0, 0.1) is 6.92 Å². The van der Waals surface area contributed by atoms with Crippen molar-refractivity contribution in [3.8, 4) is 22.8 Å². The molecule has 0 aliphatic heterocycles. The fraction of sp³-hybridized carbons (Fsp3) is 0.0714. The van der Waals surface area contributed by atoms with Crippen LogP contribution in [0.2, 0.25) is 0 Å². The first-order valence-electron chi connectivity index (χ1n) is 5.84. The molecule has 0 fully saturated rings. The molecule has 0 spiro atoms. The summed E-state index contributed by atoms with van der Waals surface area (Å²) in [6.07, 6.45) is 3.48. The number of anilines is 1. The number of hydrogen-bond donors (Lipinski definition) is 1. The van der Waals surface area contributed by atoms with E-state index in [-0.39, 0.29) is 0 Å². The van der Waals surface area contributed by atoms with E-state index in [0.29, 0.717) is 17.4 Å². The molecule has 3 aromatic rings. The Bertz CT molecular complexity index is 703. The van der Waals surface area contributed by atoms with Crippen LogP contribution >= 0.6 is 0 Å². The number of nitrogen functional groups attached to an aromatic ring is 1. The van der Waals surface area contributed by atoms with E-state index in [1.54, 1.807) is 24.5 Å². The molecule has 94 valence electrons. The maximum absolute atomic E-state index is 5.65. The van der Waals surface area contributed by atoms with Gasteiger partial charge in [-0.1, -0.05) is 5.16 Å². The van der Waals surface area contributed by atoms with E-state index in [1.165, 1.54) is 0 Å². The maximum Gasteiger partial charge on any atom is 0.259 e. The van der Waals surface area contributed by atoms with Gasteiger partial charge in [0.1, 0.15) is 0 Å². The van der Waals surface area contributed by atoms with E-state index in [0.717, 1.165) is 16.7 Å². The van der Waals surface area contributed by atoms with Crippen molar-refractivity contribution >= 4 is 5.69 Å². The molecule has 5 nitrogen and oxygen atoms in total. The fourth-order valence-electron chi connectivity index (χ4n) is 1.76. The van der Waals surface area contributed by atoms with Crippen LogP contribution < -0.4 is 5.73 Å². The van der Waals surface area contributed by atoms with Gasteiger partial charge in [0.15, 0.2) is 0 Å². The molecule has 2 N–H and O–H groups in total. The highest BCUT2D eigenvalue weighted by Crippen LogP contribution is 2.22. The van der Waals surface area contributed by atoms with E-state index in [4.69, 9.17) is 10.3 Å². The predicted octanol–water partition coefficient (Wildman–Crippen LogP) is 2.69. The van der Waals surface area contributed by atoms with Gasteiger partial charge >= 0.3 is 0 Å². The topological polar surface area (TPSA) is 77.8 Å². The summed E-state index contributed by atoms with van der Waals surface area (Å²) >= 11 is 0. The molecule has 0 unspecified atom stereocenters. The number of rotatable bonds is 2. The van der Waals surface area contributed by atoms with E-state index >= 15 is 0 Å². The summed E-state index contributed by atoms with van der Waals surface area (Å²) in [6, 6.07) is 9.28. The van der Waals surface area contributed by atoms with Gasteiger partial charge in [-0.25, -0.2) is 0 Å². The van der Waals surface area contributed by atoms with Gasteiger partial charge in [-0.3, -0.25) is 4.98 Å². The average Bonchev–Trinajstić information content (AvgIpc) is 2.89. The van der Waals surface area contributed by atoms with Gasteiger partial charge in [-0.15, -0.1) is 0 Å². The summed E-state index contributed by atoms with van der Waals surface area (Å²) in [6.45, 7) is 1.97. The second-order valence-electron chi connectivity index (χ2n) is 4.30.